The number of nitrogens with zero attached hydrogens (tertiary/aromatic N) is 1. The molecule has 3 aromatic carbocycles. The third-order valence-electron chi connectivity index (χ3n) is 9.59. The van der Waals surface area contributed by atoms with E-state index >= 15 is 0 Å². The molecule has 2 aliphatic carbocycles. The van der Waals surface area contributed by atoms with E-state index < -0.39 is 11.8 Å². The van der Waals surface area contributed by atoms with E-state index in [-0.39, 0.29) is 54.2 Å². The van der Waals surface area contributed by atoms with Crippen LogP contribution in [0, 0.1) is 0 Å². The zero-order valence-electron chi connectivity index (χ0n) is 33.5. The summed E-state index contributed by atoms with van der Waals surface area (Å²) in [6.07, 6.45) is 11.9. The lowest BCUT2D eigenvalue weighted by Crippen LogP contribution is -2.27. The topological polar surface area (TPSA) is 219 Å². The highest BCUT2D eigenvalue weighted by molar-refractivity contribution is 8.14. The van der Waals surface area contributed by atoms with E-state index in [1.807, 2.05) is 6.07 Å². The van der Waals surface area contributed by atoms with Crippen molar-refractivity contribution in [2.24, 2.45) is 17.2 Å². The number of hydrogen-bond acceptors (Lipinski definition) is 8. The largest absolute Gasteiger partial charge is 0.396 e. The standard InChI is InChI=1S/C34H34N2O2.C4H7NO2S.C3H7NO2.C3H7NO/c1-34(2)31(36(3)30-15-12-22-7-4-5-10-28(22)33(30)34)16-13-23-8-6-9-25-19-24-11-14-27(35-32(38)17-18-37)20-26(24)21-29(23)25;1-3(6)8-2-4(5)7;4-3(6)1-2-5;1-2-3(4)5/h4-5,7,10-16,19-20,37H,6,8-9,17-18,21H2,1-3H3;2H2,1H3,(H2,5,7);5H,1-2H2,(H2,4,6);2H2,1H3,(H2,4,5)/p+1. The minimum atomic E-state index is -0.461. The van der Waals surface area contributed by atoms with Crippen molar-refractivity contribution in [2.75, 3.05) is 31.3 Å². The van der Waals surface area contributed by atoms with E-state index in [4.69, 9.17) is 15.9 Å². The SMILES string of the molecule is CC(=O)SCC(N)=O.CCC(N)=O.C[N+]1=C(/C=C/C2=C3Cc4cc(NC(=O)CCO)ccc4C=C3CCC2)C(C)(C)c2c1ccc1ccccc21.NC(=O)CCO. The van der Waals surface area contributed by atoms with Crippen LogP contribution < -0.4 is 22.5 Å². The van der Waals surface area contributed by atoms with Gasteiger partial charge in [0, 0.05) is 43.2 Å². The Morgan fingerprint density at radius 1 is 0.895 bits per heavy atom. The third kappa shape index (κ3) is 13.1. The molecule has 3 aromatic rings. The number of aliphatic hydroxyl groups excluding tert-OH is 2. The molecule has 0 radical (unpaired) electrons. The molecule has 304 valence electrons. The number of rotatable bonds is 10. The molecule has 0 bridgehead atoms. The predicted octanol–water partition coefficient (Wildman–Crippen LogP) is 5.33. The van der Waals surface area contributed by atoms with Gasteiger partial charge in [-0.15, -0.1) is 0 Å². The number of hydrogen-bond donors (Lipinski definition) is 6. The lowest BCUT2D eigenvalue weighted by molar-refractivity contribution is -0.401. The molecule has 6 rings (SSSR count). The van der Waals surface area contributed by atoms with Crippen LogP contribution in [0.3, 0.4) is 0 Å². The Hall–Kier alpha value is -5.37. The fraction of sp³-hybridized carbons (Fsp3) is 0.364. The first-order valence-electron chi connectivity index (χ1n) is 18.9. The number of amides is 4. The van der Waals surface area contributed by atoms with E-state index in [1.54, 1.807) is 6.92 Å². The molecule has 3 aliphatic rings. The van der Waals surface area contributed by atoms with Crippen LogP contribution >= 0.6 is 11.8 Å². The number of carbonyl (C=O) groups excluding carboxylic acids is 5. The van der Waals surface area contributed by atoms with Gasteiger partial charge in [0.25, 0.3) is 0 Å². The van der Waals surface area contributed by atoms with Gasteiger partial charge in [0.1, 0.15) is 7.05 Å². The molecule has 1 heterocycles. The molecule has 0 unspecified atom stereocenters. The van der Waals surface area contributed by atoms with Gasteiger partial charge in [0.05, 0.1) is 30.8 Å². The monoisotopic (exact) mass is 798 g/mol. The van der Waals surface area contributed by atoms with Gasteiger partial charge in [-0.1, -0.05) is 61.2 Å². The van der Waals surface area contributed by atoms with Crippen LogP contribution in [0.2, 0.25) is 0 Å². The van der Waals surface area contributed by atoms with Gasteiger partial charge in [0.2, 0.25) is 29.3 Å². The summed E-state index contributed by atoms with van der Waals surface area (Å²) < 4.78 is 2.36. The van der Waals surface area contributed by atoms with Crippen LogP contribution in [-0.4, -0.2) is 75.3 Å². The molecule has 0 saturated heterocycles. The molecule has 0 atom stereocenters. The van der Waals surface area contributed by atoms with Crippen molar-refractivity contribution in [3.63, 3.8) is 0 Å². The molecule has 12 nitrogen and oxygen atoms in total. The number of anilines is 1. The van der Waals surface area contributed by atoms with Crippen molar-refractivity contribution in [1.82, 2.24) is 0 Å². The van der Waals surface area contributed by atoms with Crippen LogP contribution in [0.5, 0.6) is 0 Å². The summed E-state index contributed by atoms with van der Waals surface area (Å²) in [7, 11) is 2.19. The minimum absolute atomic E-state index is 0.0694. The average Bonchev–Trinajstić information content (AvgIpc) is 3.36. The normalized spacial score (nSPS) is 14.7. The summed E-state index contributed by atoms with van der Waals surface area (Å²) in [5.74, 6) is -1.23. The zero-order valence-corrected chi connectivity index (χ0v) is 34.3. The van der Waals surface area contributed by atoms with Crippen LogP contribution in [0.15, 0.2) is 83.5 Å². The molecule has 13 heteroatoms. The highest BCUT2D eigenvalue weighted by Crippen LogP contribution is 2.44. The van der Waals surface area contributed by atoms with Crippen LogP contribution in [-0.2, 0) is 35.8 Å². The van der Waals surface area contributed by atoms with E-state index in [0.29, 0.717) is 6.42 Å². The summed E-state index contributed by atoms with van der Waals surface area (Å²) in [5, 5.41) is 22.4. The van der Waals surface area contributed by atoms with Crippen molar-refractivity contribution in [1.29, 1.82) is 0 Å². The number of thioether (sulfide) groups is 1. The lowest BCUT2D eigenvalue weighted by Gasteiger charge is -2.27. The molecule has 57 heavy (non-hydrogen) atoms. The van der Waals surface area contributed by atoms with Crippen molar-refractivity contribution < 1.29 is 38.8 Å². The number of nitrogens with one attached hydrogen (secondary N) is 1. The Balaban J connectivity index is 0.000000381. The molecular weight excluding hydrogens is 743 g/mol. The van der Waals surface area contributed by atoms with Crippen molar-refractivity contribution >= 4 is 74.4 Å². The fourth-order valence-corrected chi connectivity index (χ4v) is 7.23. The molecule has 9 N–H and O–H groups in total. The molecule has 0 saturated carbocycles. The van der Waals surface area contributed by atoms with E-state index in [1.165, 1.54) is 68.9 Å². The first-order valence-corrected chi connectivity index (χ1v) is 19.9. The first-order chi connectivity index (χ1) is 27.0. The van der Waals surface area contributed by atoms with Gasteiger partial charge in [0.15, 0.2) is 10.8 Å². The van der Waals surface area contributed by atoms with Crippen LogP contribution in [0.4, 0.5) is 11.4 Å². The van der Waals surface area contributed by atoms with Gasteiger partial charge in [-0.2, -0.15) is 4.58 Å². The van der Waals surface area contributed by atoms with Crippen LogP contribution in [0.1, 0.15) is 82.9 Å². The van der Waals surface area contributed by atoms with Crippen molar-refractivity contribution in [3.8, 4) is 0 Å². The second kappa shape index (κ2) is 21.8. The number of carbonyl (C=O) groups is 5. The van der Waals surface area contributed by atoms with E-state index in [9.17, 15) is 24.0 Å². The second-order valence-electron chi connectivity index (χ2n) is 14.2. The summed E-state index contributed by atoms with van der Waals surface area (Å²) in [4.78, 5) is 51.3. The molecule has 0 fully saturated rings. The summed E-state index contributed by atoms with van der Waals surface area (Å²) in [5.41, 5.74) is 25.5. The highest BCUT2D eigenvalue weighted by atomic mass is 32.2. The summed E-state index contributed by atoms with van der Waals surface area (Å²) in [6, 6.07) is 19.3. The third-order valence-corrected chi connectivity index (χ3v) is 10.4. The number of allylic oxidation sites excluding steroid dienone is 5. The average molecular weight is 799 g/mol. The minimum Gasteiger partial charge on any atom is -0.396 e. The molecule has 4 amide bonds. The summed E-state index contributed by atoms with van der Waals surface area (Å²) in [6.45, 7) is 7.52. The summed E-state index contributed by atoms with van der Waals surface area (Å²) >= 11 is 0.926. The van der Waals surface area contributed by atoms with E-state index in [2.05, 4.69) is 109 Å². The van der Waals surface area contributed by atoms with Gasteiger partial charge in [-0.05, 0) is 96.3 Å². The number of benzene rings is 3. The van der Waals surface area contributed by atoms with Gasteiger partial charge >= 0.3 is 0 Å². The fourth-order valence-electron chi connectivity index (χ4n) is 6.88. The number of aliphatic hydroxyl groups is 2. The molecule has 1 aliphatic heterocycles. The molecular formula is C44H56N5O7S+. The predicted molar refractivity (Wildman–Crippen MR) is 229 cm³/mol. The Morgan fingerprint density at radius 3 is 2.16 bits per heavy atom. The van der Waals surface area contributed by atoms with Gasteiger partial charge < -0.3 is 32.7 Å². The highest BCUT2D eigenvalue weighted by Gasteiger charge is 2.44. The van der Waals surface area contributed by atoms with Gasteiger partial charge in [-0.25, -0.2) is 0 Å². The zero-order chi connectivity index (χ0) is 42.3. The quantitative estimate of drug-likeness (QED) is 0.147. The Bertz CT molecular complexity index is 2100. The number of fused-ring (bicyclic) bond motifs is 5. The smallest absolute Gasteiger partial charge is 0.227 e. The maximum absolute atomic E-state index is 12.0. The number of primary amides is 3. The van der Waals surface area contributed by atoms with Crippen molar-refractivity contribution in [2.45, 2.75) is 78.1 Å². The second-order valence-corrected chi connectivity index (χ2v) is 15.4. The Kier molecular flexibility index (Phi) is 17.6. The van der Waals surface area contributed by atoms with E-state index in [0.717, 1.165) is 36.7 Å². The van der Waals surface area contributed by atoms with Gasteiger partial charge in [-0.3, -0.25) is 24.0 Å². The number of nitrogens with two attached hydrogens (primary N) is 3. The van der Waals surface area contributed by atoms with Crippen LogP contribution in [0.25, 0.3) is 16.8 Å². The molecule has 0 spiro atoms. The maximum Gasteiger partial charge on any atom is 0.227 e. The lowest BCUT2D eigenvalue weighted by atomic mass is 9.77. The first kappa shape index (κ1) is 46.0. The Labute approximate surface area is 339 Å². The maximum atomic E-state index is 12.0. The van der Waals surface area contributed by atoms with Crippen molar-refractivity contribution in [3.05, 3.63) is 100 Å². The molecule has 0 aromatic heterocycles. The Morgan fingerprint density at radius 2 is 1.58 bits per heavy atom.